The summed E-state index contributed by atoms with van der Waals surface area (Å²) >= 11 is 0. The highest BCUT2D eigenvalue weighted by Crippen LogP contribution is 2.28. The first-order valence-electron chi connectivity index (χ1n) is 7.93. The maximum absolute atomic E-state index is 12.5. The average molecular weight is 349 g/mol. The molecule has 25 heavy (non-hydrogen) atoms. The lowest BCUT2D eigenvalue weighted by Gasteiger charge is -2.30. The Balaban J connectivity index is 1.79. The van der Waals surface area contributed by atoms with E-state index in [2.05, 4.69) is 9.73 Å². The van der Waals surface area contributed by atoms with Crippen LogP contribution >= 0.6 is 0 Å². The minimum absolute atomic E-state index is 0.0107. The number of benzene rings is 2. The number of alkyl halides is 3. The van der Waals surface area contributed by atoms with Crippen LogP contribution in [0.4, 0.5) is 18.9 Å². The molecule has 3 rings (SSSR count). The van der Waals surface area contributed by atoms with Gasteiger partial charge >= 0.3 is 6.36 Å². The van der Waals surface area contributed by atoms with Gasteiger partial charge in [0.1, 0.15) is 5.75 Å². The van der Waals surface area contributed by atoms with Crippen LogP contribution in [0.1, 0.15) is 17.5 Å². The number of rotatable bonds is 3. The second-order valence-electron chi connectivity index (χ2n) is 5.71. The number of para-hydroxylation sites is 2. The number of aliphatic imine (C=N–C) groups is 1. The summed E-state index contributed by atoms with van der Waals surface area (Å²) in [5.74, 6) is 0.0274. The molecule has 0 spiro atoms. The third-order valence-electron chi connectivity index (χ3n) is 4.00. The number of hydrogen-bond acceptors (Lipinski definition) is 2. The molecule has 4 nitrogen and oxygen atoms in total. The Kier molecular flexibility index (Phi) is 4.83. The molecule has 0 radical (unpaired) electrons. The number of guanidine groups is 1. The molecule has 0 saturated heterocycles. The van der Waals surface area contributed by atoms with E-state index in [4.69, 9.17) is 5.73 Å². The number of ether oxygens (including phenoxy) is 1. The lowest BCUT2D eigenvalue weighted by Crippen LogP contribution is -2.40. The maximum atomic E-state index is 12.5. The number of halogens is 3. The molecule has 0 aromatic heterocycles. The van der Waals surface area contributed by atoms with Crippen molar-refractivity contribution in [3.8, 4) is 5.75 Å². The van der Waals surface area contributed by atoms with Gasteiger partial charge in [0, 0.05) is 17.8 Å². The summed E-state index contributed by atoms with van der Waals surface area (Å²) in [4.78, 5) is 6.18. The number of fused-ring (bicyclic) bond motifs is 1. The van der Waals surface area contributed by atoms with E-state index in [1.165, 1.54) is 17.7 Å². The van der Waals surface area contributed by atoms with Crippen LogP contribution in [0, 0.1) is 0 Å². The molecule has 1 heterocycles. The van der Waals surface area contributed by atoms with E-state index in [-0.39, 0.29) is 18.3 Å². The van der Waals surface area contributed by atoms with E-state index in [1.807, 2.05) is 29.2 Å². The van der Waals surface area contributed by atoms with Crippen LogP contribution in [-0.2, 0) is 13.0 Å². The highest BCUT2D eigenvalue weighted by molar-refractivity contribution is 5.96. The van der Waals surface area contributed by atoms with E-state index in [9.17, 15) is 13.2 Å². The topological polar surface area (TPSA) is 50.9 Å². The Bertz CT molecular complexity index is 774. The van der Waals surface area contributed by atoms with Crippen LogP contribution in [-0.4, -0.2) is 18.9 Å². The normalized spacial score (nSPS) is 15.0. The Labute approximate surface area is 143 Å². The number of hydrogen-bond donors (Lipinski definition) is 1. The van der Waals surface area contributed by atoms with E-state index < -0.39 is 6.36 Å². The van der Waals surface area contributed by atoms with Crippen molar-refractivity contribution in [2.75, 3.05) is 11.4 Å². The first-order valence-corrected chi connectivity index (χ1v) is 7.93. The summed E-state index contributed by atoms with van der Waals surface area (Å²) in [6.45, 7) is 0.740. The predicted octanol–water partition coefficient (Wildman–Crippen LogP) is 3.85. The zero-order valence-electron chi connectivity index (χ0n) is 13.5. The quantitative estimate of drug-likeness (QED) is 0.676. The van der Waals surface area contributed by atoms with Crippen molar-refractivity contribution in [2.45, 2.75) is 25.7 Å². The first-order chi connectivity index (χ1) is 11.9. The molecule has 7 heteroatoms. The highest BCUT2D eigenvalue weighted by Gasteiger charge is 2.32. The Morgan fingerprint density at radius 3 is 2.64 bits per heavy atom. The molecule has 0 fully saturated rings. The van der Waals surface area contributed by atoms with Gasteiger partial charge in [-0.25, -0.2) is 4.99 Å². The minimum Gasteiger partial charge on any atom is -0.405 e. The summed E-state index contributed by atoms with van der Waals surface area (Å²) < 4.78 is 41.5. The fourth-order valence-corrected chi connectivity index (χ4v) is 2.88. The van der Waals surface area contributed by atoms with E-state index in [1.54, 1.807) is 12.1 Å². The minimum atomic E-state index is -4.74. The molecular weight excluding hydrogens is 331 g/mol. The summed E-state index contributed by atoms with van der Waals surface area (Å²) in [5, 5.41) is 0. The molecule has 1 aliphatic rings. The molecule has 0 atom stereocenters. The third kappa shape index (κ3) is 4.23. The monoisotopic (exact) mass is 349 g/mol. The first kappa shape index (κ1) is 17.1. The Morgan fingerprint density at radius 1 is 1.12 bits per heavy atom. The van der Waals surface area contributed by atoms with Gasteiger partial charge in [0.2, 0.25) is 0 Å². The van der Waals surface area contributed by atoms with Crippen molar-refractivity contribution in [1.29, 1.82) is 0 Å². The summed E-state index contributed by atoms with van der Waals surface area (Å²) in [5.41, 5.74) is 8.61. The van der Waals surface area contributed by atoms with Crippen LogP contribution in [0.2, 0.25) is 0 Å². The zero-order valence-corrected chi connectivity index (χ0v) is 13.5. The molecule has 0 saturated carbocycles. The largest absolute Gasteiger partial charge is 0.573 e. The van der Waals surface area contributed by atoms with Gasteiger partial charge < -0.3 is 15.4 Å². The van der Waals surface area contributed by atoms with Gasteiger partial charge in [-0.1, -0.05) is 36.4 Å². The summed E-state index contributed by atoms with van der Waals surface area (Å²) in [7, 11) is 0. The van der Waals surface area contributed by atoms with Gasteiger partial charge in [-0.15, -0.1) is 13.2 Å². The van der Waals surface area contributed by atoms with Gasteiger partial charge in [-0.3, -0.25) is 0 Å². The lowest BCUT2D eigenvalue weighted by atomic mass is 10.0. The standard InChI is InChI=1S/C18H18F3N3O/c19-18(20,21)25-16-10-4-2-7-14(16)12-23-17(22)24-11-5-8-13-6-1-3-9-15(13)24/h1-4,6-7,9-10H,5,8,11-12H2,(H2,22,23). The van der Waals surface area contributed by atoms with E-state index >= 15 is 0 Å². The molecule has 2 N–H and O–H groups in total. The van der Waals surface area contributed by atoms with Crippen molar-refractivity contribution in [2.24, 2.45) is 10.7 Å². The van der Waals surface area contributed by atoms with Gasteiger partial charge in [-0.05, 0) is 30.5 Å². The van der Waals surface area contributed by atoms with Crippen LogP contribution in [0.15, 0.2) is 53.5 Å². The SMILES string of the molecule is NC(=NCc1ccccc1OC(F)(F)F)N1CCCc2ccccc21. The molecule has 0 unspecified atom stereocenters. The van der Waals surface area contributed by atoms with Crippen LogP contribution in [0.5, 0.6) is 5.75 Å². The zero-order chi connectivity index (χ0) is 17.9. The van der Waals surface area contributed by atoms with E-state index in [0.717, 1.165) is 25.1 Å². The molecule has 0 amide bonds. The maximum Gasteiger partial charge on any atom is 0.573 e. The highest BCUT2D eigenvalue weighted by atomic mass is 19.4. The molecule has 0 bridgehead atoms. The predicted molar refractivity (Wildman–Crippen MR) is 90.6 cm³/mol. The van der Waals surface area contributed by atoms with Gasteiger partial charge in [0.25, 0.3) is 0 Å². The Morgan fingerprint density at radius 2 is 1.84 bits per heavy atom. The molecule has 0 aliphatic carbocycles. The fraction of sp³-hybridized carbons (Fsp3) is 0.278. The van der Waals surface area contributed by atoms with Crippen molar-refractivity contribution in [1.82, 2.24) is 0 Å². The second-order valence-corrected chi connectivity index (χ2v) is 5.71. The van der Waals surface area contributed by atoms with Gasteiger partial charge in [0.05, 0.1) is 6.54 Å². The third-order valence-corrected chi connectivity index (χ3v) is 4.00. The Hall–Kier alpha value is -2.70. The smallest absolute Gasteiger partial charge is 0.405 e. The summed E-state index contributed by atoms with van der Waals surface area (Å²) in [6.07, 6.45) is -2.82. The fourth-order valence-electron chi connectivity index (χ4n) is 2.88. The second kappa shape index (κ2) is 7.04. The van der Waals surface area contributed by atoms with Crippen LogP contribution in [0.25, 0.3) is 0 Å². The molecular formula is C18H18F3N3O. The molecule has 2 aromatic carbocycles. The number of anilines is 1. The van der Waals surface area contributed by atoms with Crippen molar-refractivity contribution in [3.63, 3.8) is 0 Å². The van der Waals surface area contributed by atoms with E-state index in [0.29, 0.717) is 5.56 Å². The van der Waals surface area contributed by atoms with Crippen molar-refractivity contribution < 1.29 is 17.9 Å². The number of aryl methyl sites for hydroxylation is 1. The van der Waals surface area contributed by atoms with Crippen LogP contribution in [0.3, 0.4) is 0 Å². The van der Waals surface area contributed by atoms with Gasteiger partial charge in [-0.2, -0.15) is 0 Å². The number of nitrogens with zero attached hydrogens (tertiary/aromatic N) is 2. The van der Waals surface area contributed by atoms with Gasteiger partial charge in [0.15, 0.2) is 5.96 Å². The average Bonchev–Trinajstić information content (AvgIpc) is 2.59. The molecule has 1 aliphatic heterocycles. The summed E-state index contributed by atoms with van der Waals surface area (Å²) in [6, 6.07) is 13.8. The van der Waals surface area contributed by atoms with Crippen molar-refractivity contribution in [3.05, 3.63) is 59.7 Å². The molecule has 132 valence electrons. The number of nitrogens with two attached hydrogens (primary N) is 1. The lowest BCUT2D eigenvalue weighted by molar-refractivity contribution is -0.274. The van der Waals surface area contributed by atoms with Crippen LogP contribution < -0.4 is 15.4 Å². The molecule has 2 aromatic rings. The van der Waals surface area contributed by atoms with Crippen molar-refractivity contribution >= 4 is 11.6 Å².